The summed E-state index contributed by atoms with van der Waals surface area (Å²) < 4.78 is 19.1. The van der Waals surface area contributed by atoms with Gasteiger partial charge in [-0.15, -0.1) is 0 Å². The fourth-order valence-electron chi connectivity index (χ4n) is 3.08. The number of fused-ring (bicyclic) bond motifs is 1. The zero-order valence-corrected chi connectivity index (χ0v) is 13.6. The van der Waals surface area contributed by atoms with Gasteiger partial charge in [0.2, 0.25) is 0 Å². The molecule has 0 unspecified atom stereocenters. The first-order valence-electron chi connectivity index (χ1n) is 8.22. The van der Waals surface area contributed by atoms with E-state index in [0.29, 0.717) is 30.0 Å². The molecule has 1 fully saturated rings. The van der Waals surface area contributed by atoms with Gasteiger partial charge in [0.25, 0.3) is 5.91 Å². The second-order valence-electron chi connectivity index (χ2n) is 5.93. The van der Waals surface area contributed by atoms with E-state index in [2.05, 4.69) is 10.3 Å². The third-order valence-electron chi connectivity index (χ3n) is 4.33. The Morgan fingerprint density at radius 2 is 1.88 bits per heavy atom. The third-order valence-corrected chi connectivity index (χ3v) is 4.33. The van der Waals surface area contributed by atoms with Crippen LogP contribution in [0.25, 0.3) is 5.57 Å². The van der Waals surface area contributed by atoms with Crippen molar-refractivity contribution in [2.24, 2.45) is 0 Å². The van der Waals surface area contributed by atoms with Crippen LogP contribution in [0.1, 0.15) is 5.56 Å². The van der Waals surface area contributed by atoms with Crippen LogP contribution >= 0.6 is 0 Å². The van der Waals surface area contributed by atoms with Crippen molar-refractivity contribution in [3.63, 3.8) is 0 Å². The Hall–Kier alpha value is -2.70. The Labute approximate surface area is 145 Å². The lowest BCUT2D eigenvalue weighted by molar-refractivity contribution is -0.110. The smallest absolute Gasteiger partial charge is 0.257 e. The van der Waals surface area contributed by atoms with Gasteiger partial charge in [-0.05, 0) is 30.3 Å². The molecular formula is C19H18FN3O2. The van der Waals surface area contributed by atoms with Crippen molar-refractivity contribution in [3.8, 4) is 0 Å². The first kappa shape index (κ1) is 15.8. The fraction of sp³-hybridized carbons (Fsp3) is 0.211. The second kappa shape index (κ2) is 6.66. The average molecular weight is 339 g/mol. The number of anilines is 2. The normalized spacial score (nSPS) is 18.9. The number of hydrazine groups is 1. The summed E-state index contributed by atoms with van der Waals surface area (Å²) in [5.41, 5.74) is 2.60. The number of morpholine rings is 1. The molecule has 2 aliphatic heterocycles. The van der Waals surface area contributed by atoms with Crippen molar-refractivity contribution in [2.45, 2.75) is 0 Å². The molecule has 0 aromatic heterocycles. The van der Waals surface area contributed by atoms with Crippen molar-refractivity contribution in [1.82, 2.24) is 5.01 Å². The van der Waals surface area contributed by atoms with Crippen molar-refractivity contribution < 1.29 is 13.9 Å². The molecule has 0 spiro atoms. The van der Waals surface area contributed by atoms with Gasteiger partial charge in [-0.25, -0.2) is 9.40 Å². The molecule has 2 heterocycles. The highest BCUT2D eigenvalue weighted by Crippen LogP contribution is 2.33. The predicted octanol–water partition coefficient (Wildman–Crippen LogP) is 2.87. The summed E-state index contributed by atoms with van der Waals surface area (Å²) in [6.07, 6.45) is 1.78. The molecule has 1 saturated heterocycles. The minimum Gasteiger partial charge on any atom is -0.379 e. The minimum atomic E-state index is -0.362. The van der Waals surface area contributed by atoms with Crippen LogP contribution in [-0.2, 0) is 9.53 Å². The predicted molar refractivity (Wildman–Crippen MR) is 94.3 cm³/mol. The Morgan fingerprint density at radius 1 is 1.12 bits per heavy atom. The number of nitrogens with one attached hydrogen (secondary N) is 1. The average Bonchev–Trinajstić information content (AvgIpc) is 2.95. The number of nitrogens with zero attached hydrogens (tertiary/aromatic N) is 2. The summed E-state index contributed by atoms with van der Waals surface area (Å²) in [5.74, 6) is -0.589. The molecule has 2 aliphatic rings. The van der Waals surface area contributed by atoms with Gasteiger partial charge in [0.05, 0.1) is 24.5 Å². The van der Waals surface area contributed by atoms with Crippen LogP contribution in [0, 0.1) is 5.82 Å². The molecular weight excluding hydrogens is 321 g/mol. The van der Waals surface area contributed by atoms with Crippen LogP contribution in [-0.4, -0.2) is 37.2 Å². The number of carbonyl (C=O) groups excluding carboxylic acids is 1. The number of benzene rings is 2. The number of para-hydroxylation sites is 1. The summed E-state index contributed by atoms with van der Waals surface area (Å²) >= 11 is 0. The molecule has 0 aliphatic carbocycles. The zero-order chi connectivity index (χ0) is 17.2. The number of rotatable bonds is 3. The van der Waals surface area contributed by atoms with Crippen molar-refractivity contribution >= 4 is 22.9 Å². The zero-order valence-electron chi connectivity index (χ0n) is 13.6. The van der Waals surface area contributed by atoms with Crippen LogP contribution in [0.15, 0.2) is 54.7 Å². The van der Waals surface area contributed by atoms with Crippen LogP contribution < -0.4 is 10.3 Å². The van der Waals surface area contributed by atoms with Crippen molar-refractivity contribution in [3.05, 3.63) is 66.1 Å². The van der Waals surface area contributed by atoms with Gasteiger partial charge in [-0.2, -0.15) is 0 Å². The summed E-state index contributed by atoms with van der Waals surface area (Å²) in [5, 5.41) is 6.87. The van der Waals surface area contributed by atoms with Gasteiger partial charge in [0.15, 0.2) is 0 Å². The number of halogens is 1. The first-order valence-corrected chi connectivity index (χ1v) is 8.22. The van der Waals surface area contributed by atoms with E-state index in [-0.39, 0.29) is 11.7 Å². The van der Waals surface area contributed by atoms with Gasteiger partial charge in [0, 0.05) is 30.5 Å². The van der Waals surface area contributed by atoms with E-state index in [1.54, 1.807) is 12.3 Å². The van der Waals surface area contributed by atoms with E-state index in [4.69, 9.17) is 4.74 Å². The van der Waals surface area contributed by atoms with Gasteiger partial charge in [-0.3, -0.25) is 9.80 Å². The number of amides is 1. The summed E-state index contributed by atoms with van der Waals surface area (Å²) in [6.45, 7) is 2.69. The number of hydrogen-bond donors (Lipinski definition) is 1. The maximum atomic E-state index is 13.7. The molecule has 6 heteroatoms. The molecule has 2 aromatic rings. The molecule has 25 heavy (non-hydrogen) atoms. The minimum absolute atomic E-state index is 0.227. The highest BCUT2D eigenvalue weighted by Gasteiger charge is 2.27. The quantitative estimate of drug-likeness (QED) is 0.874. The summed E-state index contributed by atoms with van der Waals surface area (Å²) in [7, 11) is 0. The molecule has 5 nitrogen and oxygen atoms in total. The Bertz CT molecular complexity index is 817. The largest absolute Gasteiger partial charge is 0.379 e. The van der Waals surface area contributed by atoms with E-state index in [1.165, 1.54) is 12.1 Å². The Morgan fingerprint density at radius 3 is 2.64 bits per heavy atom. The number of hydrogen-bond acceptors (Lipinski definition) is 4. The fourth-order valence-corrected chi connectivity index (χ4v) is 3.08. The van der Waals surface area contributed by atoms with E-state index in [0.717, 1.165) is 18.8 Å². The number of carbonyl (C=O) groups is 1. The molecule has 0 atom stereocenters. The lowest BCUT2D eigenvalue weighted by atomic mass is 10.1. The second-order valence-corrected chi connectivity index (χ2v) is 5.93. The van der Waals surface area contributed by atoms with Crippen LogP contribution in [0.3, 0.4) is 0 Å². The molecule has 4 rings (SSSR count). The van der Waals surface area contributed by atoms with E-state index in [9.17, 15) is 9.18 Å². The van der Waals surface area contributed by atoms with E-state index in [1.807, 2.05) is 35.3 Å². The lowest BCUT2D eigenvalue weighted by Crippen LogP contribution is -2.46. The SMILES string of the molecule is O=C1Nc2ccc(F)cc2/C1=C/N(c1ccccc1)N1CCOCC1. The number of ether oxygens (including phenoxy) is 1. The Kier molecular flexibility index (Phi) is 4.21. The first-order chi connectivity index (χ1) is 12.2. The van der Waals surface area contributed by atoms with Crippen LogP contribution in [0.5, 0.6) is 0 Å². The maximum Gasteiger partial charge on any atom is 0.257 e. The topological polar surface area (TPSA) is 44.8 Å². The van der Waals surface area contributed by atoms with Gasteiger partial charge < -0.3 is 10.1 Å². The van der Waals surface area contributed by atoms with E-state index >= 15 is 0 Å². The van der Waals surface area contributed by atoms with Crippen molar-refractivity contribution in [1.29, 1.82) is 0 Å². The molecule has 0 saturated carbocycles. The standard InChI is InChI=1S/C19H18FN3O2/c20-14-6-7-18-16(12-14)17(19(24)21-18)13-23(15-4-2-1-3-5-15)22-8-10-25-11-9-22/h1-7,12-13H,8-11H2,(H,21,24)/b17-13-. The van der Waals surface area contributed by atoms with Gasteiger partial charge in [-0.1, -0.05) is 18.2 Å². The Balaban J connectivity index is 1.77. The van der Waals surface area contributed by atoms with Gasteiger partial charge >= 0.3 is 0 Å². The van der Waals surface area contributed by atoms with Crippen LogP contribution in [0.2, 0.25) is 0 Å². The third kappa shape index (κ3) is 3.14. The molecule has 1 N–H and O–H groups in total. The lowest BCUT2D eigenvalue weighted by Gasteiger charge is -2.36. The molecule has 0 bridgehead atoms. The highest BCUT2D eigenvalue weighted by molar-refractivity contribution is 6.31. The van der Waals surface area contributed by atoms with E-state index < -0.39 is 0 Å². The molecule has 128 valence electrons. The summed E-state index contributed by atoms with van der Waals surface area (Å²) in [4.78, 5) is 12.4. The van der Waals surface area contributed by atoms with Crippen molar-refractivity contribution in [2.75, 3.05) is 36.6 Å². The highest BCUT2D eigenvalue weighted by atomic mass is 19.1. The molecule has 2 aromatic carbocycles. The molecule has 1 amide bonds. The maximum absolute atomic E-state index is 13.7. The molecule has 0 radical (unpaired) electrons. The van der Waals surface area contributed by atoms with Gasteiger partial charge in [0.1, 0.15) is 5.82 Å². The monoisotopic (exact) mass is 339 g/mol. The summed E-state index contributed by atoms with van der Waals surface area (Å²) in [6, 6.07) is 14.1. The van der Waals surface area contributed by atoms with Crippen LogP contribution in [0.4, 0.5) is 15.8 Å².